The molecule has 1 aliphatic heterocycles. The number of ether oxygens (including phenoxy) is 2. The zero-order valence-electron chi connectivity index (χ0n) is 14.7. The van der Waals surface area contributed by atoms with E-state index in [0.29, 0.717) is 0 Å². The van der Waals surface area contributed by atoms with E-state index in [9.17, 15) is 24.4 Å². The summed E-state index contributed by atoms with van der Waals surface area (Å²) < 4.78 is 34.5. The van der Waals surface area contributed by atoms with Crippen molar-refractivity contribution < 1.29 is 33.3 Å². The molecule has 4 atom stereocenters. The summed E-state index contributed by atoms with van der Waals surface area (Å²) in [5.74, 6) is -1.79. The molecule has 1 aromatic heterocycles. The van der Waals surface area contributed by atoms with Crippen molar-refractivity contribution in [2.45, 2.75) is 45.0 Å². The quantitative estimate of drug-likeness (QED) is 0.507. The van der Waals surface area contributed by atoms with E-state index in [-0.39, 0.29) is 13.2 Å². The van der Waals surface area contributed by atoms with Gasteiger partial charge >= 0.3 is 13.3 Å². The average molecular weight is 394 g/mol. The first kappa shape index (κ1) is 21.0. The Morgan fingerprint density at radius 3 is 2.46 bits per heavy atom. The average Bonchev–Trinajstić information content (AvgIpc) is 2.79. The predicted molar refractivity (Wildman–Crippen MR) is 88.7 cm³/mol. The van der Waals surface area contributed by atoms with Crippen LogP contribution in [0.3, 0.4) is 0 Å². The molecular weight excluding hydrogens is 371 g/mol. The normalized spacial score (nSPS) is 29.2. The molecule has 2 rings (SSSR count). The Morgan fingerprint density at radius 2 is 1.92 bits per heavy atom. The van der Waals surface area contributed by atoms with Crippen molar-refractivity contribution in [2.75, 3.05) is 19.6 Å². The van der Waals surface area contributed by atoms with E-state index < -0.39 is 49.4 Å². The summed E-state index contributed by atoms with van der Waals surface area (Å²) in [4.78, 5) is 25.1. The van der Waals surface area contributed by atoms with Gasteiger partial charge in [0.05, 0.1) is 13.2 Å². The van der Waals surface area contributed by atoms with Gasteiger partial charge in [0.2, 0.25) is 0 Å². The van der Waals surface area contributed by atoms with Crippen molar-refractivity contribution in [3.63, 3.8) is 0 Å². The first-order valence-electron chi connectivity index (χ1n) is 8.03. The zero-order valence-corrected chi connectivity index (χ0v) is 15.5. The Balaban J connectivity index is 2.20. The van der Waals surface area contributed by atoms with Crippen LogP contribution in [0.2, 0.25) is 0 Å². The van der Waals surface area contributed by atoms with Crippen LogP contribution in [-0.2, 0) is 23.1 Å². The topological polar surface area (TPSA) is 149 Å². The molecule has 11 nitrogen and oxygen atoms in total. The second-order valence-corrected chi connectivity index (χ2v) is 7.69. The highest BCUT2D eigenvalue weighted by Crippen LogP contribution is 2.50. The Labute approximate surface area is 149 Å². The van der Waals surface area contributed by atoms with Gasteiger partial charge in [-0.05, 0) is 20.8 Å². The maximum atomic E-state index is 12.5. The minimum atomic E-state index is -3.58. The van der Waals surface area contributed by atoms with Crippen molar-refractivity contribution in [3.8, 4) is 0 Å². The molecule has 1 fully saturated rings. The zero-order chi connectivity index (χ0) is 19.5. The maximum absolute atomic E-state index is 12.5. The predicted octanol–water partition coefficient (Wildman–Crippen LogP) is -0.256. The molecule has 1 saturated heterocycles. The van der Waals surface area contributed by atoms with Crippen LogP contribution in [0.25, 0.3) is 0 Å². The van der Waals surface area contributed by atoms with Crippen molar-refractivity contribution >= 4 is 7.60 Å². The lowest BCUT2D eigenvalue weighted by Gasteiger charge is -2.29. The highest BCUT2D eigenvalue weighted by atomic mass is 31.2. The summed E-state index contributed by atoms with van der Waals surface area (Å²) in [6, 6.07) is 1.07. The fourth-order valence-corrected chi connectivity index (χ4v) is 3.95. The van der Waals surface area contributed by atoms with Gasteiger partial charge in [0, 0.05) is 12.3 Å². The number of nitrogens with zero attached hydrogens (tertiary/aromatic N) is 1. The lowest BCUT2D eigenvalue weighted by molar-refractivity contribution is -0.248. The van der Waals surface area contributed by atoms with E-state index >= 15 is 0 Å². The van der Waals surface area contributed by atoms with Gasteiger partial charge in [0.1, 0.15) is 12.2 Å². The van der Waals surface area contributed by atoms with Crippen molar-refractivity contribution in [3.05, 3.63) is 33.1 Å². The third-order valence-electron chi connectivity index (χ3n) is 3.79. The molecule has 148 valence electrons. The van der Waals surface area contributed by atoms with Crippen LogP contribution < -0.4 is 11.2 Å². The Hall–Kier alpha value is -1.33. The minimum Gasteiger partial charge on any atom is -0.385 e. The van der Waals surface area contributed by atoms with Gasteiger partial charge < -0.3 is 28.7 Å². The van der Waals surface area contributed by atoms with Crippen LogP contribution in [0.1, 0.15) is 27.0 Å². The van der Waals surface area contributed by atoms with Crippen LogP contribution in [0.4, 0.5) is 0 Å². The molecule has 3 N–H and O–H groups in total. The van der Waals surface area contributed by atoms with E-state index in [1.54, 1.807) is 13.8 Å². The first-order chi connectivity index (χ1) is 12.2. The number of H-pyrrole nitrogens is 1. The summed E-state index contributed by atoms with van der Waals surface area (Å²) >= 11 is 0. The van der Waals surface area contributed by atoms with Crippen LogP contribution >= 0.6 is 7.60 Å². The summed E-state index contributed by atoms with van der Waals surface area (Å²) in [5, 5.41) is 20.5. The molecule has 0 aromatic carbocycles. The van der Waals surface area contributed by atoms with Gasteiger partial charge in [-0.2, -0.15) is 0 Å². The minimum absolute atomic E-state index is 0.124. The molecule has 26 heavy (non-hydrogen) atoms. The molecule has 0 unspecified atom stereocenters. The van der Waals surface area contributed by atoms with Crippen molar-refractivity contribution in [1.82, 2.24) is 9.55 Å². The highest BCUT2D eigenvalue weighted by Gasteiger charge is 2.54. The fraction of sp³-hybridized carbons (Fsp3) is 0.714. The lowest BCUT2D eigenvalue weighted by Crippen LogP contribution is -2.43. The SMILES string of the molecule is CCOP(=O)(CO[C@@]1(C)O[C@@H](n2ccc(=O)[nH]c2=O)[C@H](O)[C@@H]1O)OCC. The number of aromatic amines is 1. The van der Waals surface area contributed by atoms with Crippen LogP contribution in [-0.4, -0.2) is 57.3 Å². The van der Waals surface area contributed by atoms with Gasteiger partial charge in [0.15, 0.2) is 18.4 Å². The fourth-order valence-electron chi connectivity index (χ4n) is 2.53. The van der Waals surface area contributed by atoms with Crippen molar-refractivity contribution in [2.24, 2.45) is 0 Å². The number of aliphatic hydroxyl groups is 2. The van der Waals surface area contributed by atoms with Crippen molar-refractivity contribution in [1.29, 1.82) is 0 Å². The van der Waals surface area contributed by atoms with Crippen LogP contribution in [0.5, 0.6) is 0 Å². The number of aromatic nitrogens is 2. The van der Waals surface area contributed by atoms with Gasteiger partial charge in [0.25, 0.3) is 5.56 Å². The number of nitrogens with one attached hydrogen (secondary N) is 1. The number of rotatable bonds is 8. The maximum Gasteiger partial charge on any atom is 0.356 e. The van der Waals surface area contributed by atoms with E-state index in [4.69, 9.17) is 18.5 Å². The van der Waals surface area contributed by atoms with Gasteiger partial charge in [-0.1, -0.05) is 0 Å². The molecule has 0 radical (unpaired) electrons. The third kappa shape index (κ3) is 4.32. The Kier molecular flexibility index (Phi) is 6.56. The monoisotopic (exact) mass is 394 g/mol. The molecule has 12 heteroatoms. The smallest absolute Gasteiger partial charge is 0.356 e. The molecule has 2 heterocycles. The van der Waals surface area contributed by atoms with E-state index in [0.717, 1.165) is 16.8 Å². The number of aliphatic hydroxyl groups excluding tert-OH is 2. The largest absolute Gasteiger partial charge is 0.385 e. The molecule has 0 spiro atoms. The summed E-state index contributed by atoms with van der Waals surface area (Å²) in [7, 11) is -3.58. The van der Waals surface area contributed by atoms with Gasteiger partial charge in [-0.15, -0.1) is 0 Å². The molecule has 0 amide bonds. The summed E-state index contributed by atoms with van der Waals surface area (Å²) in [5.41, 5.74) is -1.44. The van der Waals surface area contributed by atoms with E-state index in [1.807, 2.05) is 4.98 Å². The second-order valence-electron chi connectivity index (χ2n) is 5.70. The van der Waals surface area contributed by atoms with E-state index in [2.05, 4.69) is 0 Å². The highest BCUT2D eigenvalue weighted by molar-refractivity contribution is 7.53. The second kappa shape index (κ2) is 8.13. The number of hydrogen-bond donors (Lipinski definition) is 3. The van der Waals surface area contributed by atoms with Crippen LogP contribution in [0, 0.1) is 0 Å². The van der Waals surface area contributed by atoms with Gasteiger partial charge in [-0.3, -0.25) is 18.9 Å². The molecule has 0 aliphatic carbocycles. The molecule has 0 saturated carbocycles. The molecule has 0 bridgehead atoms. The molecule has 1 aliphatic rings. The Bertz CT molecular complexity index is 768. The molecular formula is C14H23N2O9P. The molecule has 1 aromatic rings. The Morgan fingerprint density at radius 1 is 1.31 bits per heavy atom. The number of hydrogen-bond acceptors (Lipinski definition) is 9. The summed E-state index contributed by atoms with van der Waals surface area (Å²) in [6.45, 7) is 4.84. The lowest BCUT2D eigenvalue weighted by atomic mass is 10.1. The van der Waals surface area contributed by atoms with Crippen LogP contribution in [0.15, 0.2) is 21.9 Å². The third-order valence-corrected chi connectivity index (χ3v) is 5.54. The standard InChI is InChI=1S/C14H23N2O9P/c1-4-23-26(21,24-5-2)8-22-14(3)11(19)10(18)12(25-14)16-7-6-9(17)15-13(16)20/h6-7,10-12,18-19H,4-5,8H2,1-3H3,(H,15,17,20)/t10-,11+,12-,14+/m1/s1. The summed E-state index contributed by atoms with van der Waals surface area (Å²) in [6.07, 6.45) is -3.83. The van der Waals surface area contributed by atoms with Gasteiger partial charge in [-0.25, -0.2) is 4.79 Å². The van der Waals surface area contributed by atoms with E-state index in [1.165, 1.54) is 6.92 Å². The first-order valence-corrected chi connectivity index (χ1v) is 9.76.